The molecule has 1 heterocycles. The normalized spacial score (nSPS) is 17.6. The molecule has 2 aromatic carbocycles. The zero-order valence-corrected chi connectivity index (χ0v) is 16.0. The summed E-state index contributed by atoms with van der Waals surface area (Å²) >= 11 is 0. The fraction of sp³-hybridized carbons (Fsp3) is 0.350. The fourth-order valence-electron chi connectivity index (χ4n) is 2.76. The molecule has 142 valence electrons. The lowest BCUT2D eigenvalue weighted by molar-refractivity contribution is 0.00578. The molecule has 1 saturated heterocycles. The molecule has 1 fully saturated rings. The Kier molecular flexibility index (Phi) is 5.17. The zero-order chi connectivity index (χ0) is 19.7. The smallest absolute Gasteiger partial charge is 0.489 e. The van der Waals surface area contributed by atoms with Crippen LogP contribution in [0.2, 0.25) is 0 Å². The lowest BCUT2D eigenvalue weighted by atomic mass is 9.78. The van der Waals surface area contributed by atoms with Gasteiger partial charge in [0.15, 0.2) is 0 Å². The standard InChI is InChI=1S/C20H24BNO5/c1-19(2)20(3,4)27-21(26-19)15-8-5-7-14(11-15)13-25-17-10-6-9-16(12-17)22-18(23)24/h5-12,22H,13H2,1-4H3,(H,23,24). The fourth-order valence-corrected chi connectivity index (χ4v) is 2.76. The maximum absolute atomic E-state index is 10.7. The van der Waals surface area contributed by atoms with E-state index >= 15 is 0 Å². The summed E-state index contributed by atoms with van der Waals surface area (Å²) in [6.07, 6.45) is -1.11. The minimum absolute atomic E-state index is 0.351. The van der Waals surface area contributed by atoms with Crippen molar-refractivity contribution in [3.05, 3.63) is 54.1 Å². The highest BCUT2D eigenvalue weighted by Gasteiger charge is 2.51. The Labute approximate surface area is 159 Å². The molecule has 0 unspecified atom stereocenters. The Balaban J connectivity index is 1.68. The average molecular weight is 369 g/mol. The minimum Gasteiger partial charge on any atom is -0.489 e. The molecule has 0 saturated carbocycles. The first kappa shape index (κ1) is 19.3. The summed E-state index contributed by atoms with van der Waals surface area (Å²) in [5.74, 6) is 0.585. The van der Waals surface area contributed by atoms with Gasteiger partial charge in [-0.25, -0.2) is 4.79 Å². The number of benzene rings is 2. The molecule has 3 rings (SSSR count). The molecule has 2 aromatic rings. The molecular formula is C20H24BNO5. The van der Waals surface area contributed by atoms with E-state index in [4.69, 9.17) is 19.2 Å². The third-order valence-electron chi connectivity index (χ3n) is 4.97. The monoisotopic (exact) mass is 369 g/mol. The number of hydrogen-bond donors (Lipinski definition) is 2. The second kappa shape index (κ2) is 7.25. The molecule has 0 radical (unpaired) electrons. The molecule has 0 spiro atoms. The number of nitrogens with one attached hydrogen (secondary N) is 1. The first-order valence-corrected chi connectivity index (χ1v) is 8.84. The first-order chi connectivity index (χ1) is 12.7. The van der Waals surface area contributed by atoms with Crippen molar-refractivity contribution in [3.8, 4) is 5.75 Å². The molecule has 0 atom stereocenters. The van der Waals surface area contributed by atoms with Gasteiger partial charge in [0, 0.05) is 11.8 Å². The lowest BCUT2D eigenvalue weighted by Crippen LogP contribution is -2.41. The largest absolute Gasteiger partial charge is 0.494 e. The molecular weight excluding hydrogens is 345 g/mol. The van der Waals surface area contributed by atoms with Crippen LogP contribution in [0.4, 0.5) is 10.5 Å². The highest BCUT2D eigenvalue weighted by atomic mass is 16.7. The second-order valence-electron chi connectivity index (χ2n) is 7.58. The summed E-state index contributed by atoms with van der Waals surface area (Å²) in [5.41, 5.74) is 1.60. The summed E-state index contributed by atoms with van der Waals surface area (Å²) in [6.45, 7) is 8.45. The Morgan fingerprint density at radius 2 is 1.74 bits per heavy atom. The Hall–Kier alpha value is -2.51. The average Bonchev–Trinajstić information content (AvgIpc) is 2.81. The minimum atomic E-state index is -1.11. The van der Waals surface area contributed by atoms with Crippen molar-refractivity contribution in [2.75, 3.05) is 5.32 Å². The van der Waals surface area contributed by atoms with E-state index in [1.54, 1.807) is 24.3 Å². The maximum atomic E-state index is 10.7. The van der Waals surface area contributed by atoms with Crippen LogP contribution in [0.15, 0.2) is 48.5 Å². The van der Waals surface area contributed by atoms with Crippen LogP contribution in [0, 0.1) is 0 Å². The van der Waals surface area contributed by atoms with Crippen molar-refractivity contribution >= 4 is 24.4 Å². The summed E-state index contributed by atoms with van der Waals surface area (Å²) < 4.78 is 18.0. The Morgan fingerprint density at radius 3 is 2.41 bits per heavy atom. The van der Waals surface area contributed by atoms with Crippen molar-refractivity contribution < 1.29 is 23.9 Å². The molecule has 0 bridgehead atoms. The van der Waals surface area contributed by atoms with Crippen molar-refractivity contribution in [1.29, 1.82) is 0 Å². The van der Waals surface area contributed by atoms with E-state index in [1.165, 1.54) is 0 Å². The molecule has 1 aliphatic rings. The SMILES string of the molecule is CC1(C)OB(c2cccc(COc3cccc(NC(=O)O)c3)c2)OC1(C)C. The predicted octanol–water partition coefficient (Wildman–Crippen LogP) is 3.65. The third kappa shape index (κ3) is 4.43. The summed E-state index contributed by atoms with van der Waals surface area (Å²) in [5, 5.41) is 11.1. The quantitative estimate of drug-likeness (QED) is 0.787. The van der Waals surface area contributed by atoms with Gasteiger partial charge in [0.05, 0.1) is 11.2 Å². The van der Waals surface area contributed by atoms with Gasteiger partial charge in [-0.1, -0.05) is 30.3 Å². The number of amides is 1. The van der Waals surface area contributed by atoms with Gasteiger partial charge in [-0.2, -0.15) is 0 Å². The van der Waals surface area contributed by atoms with Gasteiger partial charge in [0.1, 0.15) is 12.4 Å². The van der Waals surface area contributed by atoms with Crippen LogP contribution in [-0.4, -0.2) is 29.5 Å². The number of carbonyl (C=O) groups is 1. The van der Waals surface area contributed by atoms with E-state index in [1.807, 2.05) is 52.0 Å². The van der Waals surface area contributed by atoms with Gasteiger partial charge in [-0.05, 0) is 50.9 Å². The van der Waals surface area contributed by atoms with E-state index in [0.29, 0.717) is 18.0 Å². The number of ether oxygens (including phenoxy) is 1. The predicted molar refractivity (Wildman–Crippen MR) is 105 cm³/mol. The number of rotatable bonds is 5. The van der Waals surface area contributed by atoms with E-state index < -0.39 is 13.2 Å². The van der Waals surface area contributed by atoms with Gasteiger partial charge in [0.25, 0.3) is 0 Å². The van der Waals surface area contributed by atoms with Crippen LogP contribution in [0.1, 0.15) is 33.3 Å². The molecule has 7 heteroatoms. The second-order valence-corrected chi connectivity index (χ2v) is 7.58. The number of carboxylic acid groups (broad SMARTS) is 1. The van der Waals surface area contributed by atoms with Crippen molar-refractivity contribution in [1.82, 2.24) is 0 Å². The topological polar surface area (TPSA) is 77.0 Å². The summed E-state index contributed by atoms with van der Waals surface area (Å²) in [7, 11) is -0.418. The van der Waals surface area contributed by atoms with E-state index in [0.717, 1.165) is 11.0 Å². The maximum Gasteiger partial charge on any atom is 0.494 e. The van der Waals surface area contributed by atoms with Crippen LogP contribution >= 0.6 is 0 Å². The lowest BCUT2D eigenvalue weighted by Gasteiger charge is -2.32. The van der Waals surface area contributed by atoms with E-state index in [-0.39, 0.29) is 11.2 Å². The molecule has 1 aliphatic heterocycles. The van der Waals surface area contributed by atoms with Crippen LogP contribution < -0.4 is 15.5 Å². The van der Waals surface area contributed by atoms with Crippen LogP contribution in [0.25, 0.3) is 0 Å². The van der Waals surface area contributed by atoms with Crippen molar-refractivity contribution in [3.63, 3.8) is 0 Å². The van der Waals surface area contributed by atoms with Gasteiger partial charge >= 0.3 is 13.2 Å². The number of hydrogen-bond acceptors (Lipinski definition) is 4. The highest BCUT2D eigenvalue weighted by Crippen LogP contribution is 2.36. The molecule has 2 N–H and O–H groups in total. The van der Waals surface area contributed by atoms with Gasteiger partial charge in [-0.15, -0.1) is 0 Å². The summed E-state index contributed by atoms with van der Waals surface area (Å²) in [6, 6.07) is 14.7. The molecule has 1 amide bonds. The molecule has 0 aromatic heterocycles. The van der Waals surface area contributed by atoms with E-state index in [9.17, 15) is 4.79 Å². The highest BCUT2D eigenvalue weighted by molar-refractivity contribution is 6.62. The Bertz CT molecular complexity index is 821. The molecule has 27 heavy (non-hydrogen) atoms. The van der Waals surface area contributed by atoms with Crippen LogP contribution in [-0.2, 0) is 15.9 Å². The van der Waals surface area contributed by atoms with Crippen LogP contribution in [0.3, 0.4) is 0 Å². The molecule has 6 nitrogen and oxygen atoms in total. The van der Waals surface area contributed by atoms with Gasteiger partial charge < -0.3 is 19.2 Å². The van der Waals surface area contributed by atoms with Crippen molar-refractivity contribution in [2.45, 2.75) is 45.5 Å². The van der Waals surface area contributed by atoms with Crippen LogP contribution in [0.5, 0.6) is 5.75 Å². The van der Waals surface area contributed by atoms with E-state index in [2.05, 4.69) is 5.32 Å². The Morgan fingerprint density at radius 1 is 1.07 bits per heavy atom. The first-order valence-electron chi connectivity index (χ1n) is 8.84. The van der Waals surface area contributed by atoms with Gasteiger partial charge in [0.2, 0.25) is 0 Å². The zero-order valence-electron chi connectivity index (χ0n) is 16.0. The third-order valence-corrected chi connectivity index (χ3v) is 4.97. The molecule has 0 aliphatic carbocycles. The van der Waals surface area contributed by atoms with Gasteiger partial charge in [-0.3, -0.25) is 5.32 Å². The van der Waals surface area contributed by atoms with Crippen molar-refractivity contribution in [2.24, 2.45) is 0 Å². The number of anilines is 1. The summed E-state index contributed by atoms with van der Waals surface area (Å²) in [4.78, 5) is 10.7.